The first-order chi connectivity index (χ1) is 35.3. The van der Waals surface area contributed by atoms with Gasteiger partial charge in [0.1, 0.15) is 28.5 Å². The minimum absolute atomic E-state index is 0.0819. The summed E-state index contributed by atoms with van der Waals surface area (Å²) in [4.78, 5) is 110. The van der Waals surface area contributed by atoms with Crippen molar-refractivity contribution >= 4 is 75.7 Å². The first-order valence-electron chi connectivity index (χ1n) is 23.9. The zero-order valence-corrected chi connectivity index (χ0v) is 42.6. The molecule has 0 aliphatic carbocycles. The molecule has 6 aromatic heterocycles. The van der Waals surface area contributed by atoms with Crippen molar-refractivity contribution in [2.45, 2.75) is 32.1 Å². The summed E-state index contributed by atoms with van der Waals surface area (Å²) in [5, 5.41) is 22.3. The number of carbonyl (C=O) groups excluding carboxylic acids is 8. The standard InChI is InChI=1S/C49H65N17O8/c1-60(18-9-13-50)19-10-15-51-41(67)12-16-54-45(70)37-22-32(27-62(37)3)56-47(72)39-25-34(29-65(39)6)58-48(73)40-24-33(28-66(40)7)57-46(71)38-21-31(26-64(38)5)55-42(68)11-8-14-53-44(69)36-23-35(30-63(36)4)59-49(74)43-52-17-20-61(43)2/h17,20-30H,8-16,18-19,50H2,1-7H3,(H,51,67)(H,53,69)(H,54,70)(H,55,68)(H,56,72)(H,57,71)(H,58,73)(H,59,74). The molecule has 0 atom stereocenters. The van der Waals surface area contributed by atoms with Gasteiger partial charge in [0.2, 0.25) is 11.8 Å². The molecule has 25 nitrogen and oxygen atoms in total. The Hall–Kier alpha value is -8.71. The number of imidazole rings is 1. The van der Waals surface area contributed by atoms with Gasteiger partial charge in [-0.15, -0.1) is 0 Å². The lowest BCUT2D eigenvalue weighted by atomic mass is 10.2. The smallest absolute Gasteiger partial charge is 0.291 e. The lowest BCUT2D eigenvalue weighted by molar-refractivity contribution is -0.121. The van der Waals surface area contributed by atoms with Gasteiger partial charge in [0, 0.05) is 118 Å². The molecule has 6 aromatic rings. The molecule has 0 unspecified atom stereocenters. The van der Waals surface area contributed by atoms with E-state index in [0.29, 0.717) is 53.6 Å². The molecule has 8 amide bonds. The zero-order valence-electron chi connectivity index (χ0n) is 42.6. The van der Waals surface area contributed by atoms with Gasteiger partial charge in [-0.25, -0.2) is 4.98 Å². The van der Waals surface area contributed by atoms with E-state index in [0.717, 1.165) is 25.9 Å². The van der Waals surface area contributed by atoms with Crippen LogP contribution in [0.3, 0.4) is 0 Å². The highest BCUT2D eigenvalue weighted by molar-refractivity contribution is 6.09. The Morgan fingerprint density at radius 3 is 1.28 bits per heavy atom. The highest BCUT2D eigenvalue weighted by Gasteiger charge is 2.21. The number of aryl methyl sites for hydroxylation is 6. The summed E-state index contributed by atoms with van der Waals surface area (Å²) in [7, 11) is 12.0. The largest absolute Gasteiger partial charge is 0.356 e. The predicted molar refractivity (Wildman–Crippen MR) is 278 cm³/mol. The highest BCUT2D eigenvalue weighted by Crippen LogP contribution is 2.22. The third-order valence-electron chi connectivity index (χ3n) is 11.8. The number of nitrogens with two attached hydrogens (primary N) is 1. The van der Waals surface area contributed by atoms with E-state index in [9.17, 15) is 38.4 Å². The van der Waals surface area contributed by atoms with Crippen molar-refractivity contribution in [3.8, 4) is 0 Å². The molecular weight excluding hydrogens is 955 g/mol. The van der Waals surface area contributed by atoms with Crippen LogP contribution in [0.5, 0.6) is 0 Å². The third-order valence-corrected chi connectivity index (χ3v) is 11.8. The Bertz CT molecular complexity index is 3020. The number of rotatable bonds is 25. The van der Waals surface area contributed by atoms with Crippen LogP contribution in [0.4, 0.5) is 28.4 Å². The molecular formula is C49H65N17O8. The monoisotopic (exact) mass is 1020 g/mol. The van der Waals surface area contributed by atoms with Crippen LogP contribution in [0.25, 0.3) is 0 Å². The van der Waals surface area contributed by atoms with Gasteiger partial charge in [-0.2, -0.15) is 0 Å². The van der Waals surface area contributed by atoms with Crippen molar-refractivity contribution in [3.63, 3.8) is 0 Å². The van der Waals surface area contributed by atoms with Gasteiger partial charge in [0.05, 0.1) is 28.4 Å². The van der Waals surface area contributed by atoms with E-state index in [1.54, 1.807) is 108 Å². The lowest BCUT2D eigenvalue weighted by Crippen LogP contribution is -2.33. The Morgan fingerprint density at radius 1 is 0.459 bits per heavy atom. The molecule has 0 fully saturated rings. The fraction of sp³-hybridized carbons (Fsp3) is 0.367. The van der Waals surface area contributed by atoms with Crippen molar-refractivity contribution < 1.29 is 38.4 Å². The number of hydrogen-bond donors (Lipinski definition) is 9. The molecule has 6 rings (SSSR count). The number of hydrogen-bond acceptors (Lipinski definition) is 11. The molecule has 0 aromatic carbocycles. The van der Waals surface area contributed by atoms with E-state index in [-0.39, 0.29) is 72.3 Å². The molecule has 0 spiro atoms. The molecule has 6 heterocycles. The van der Waals surface area contributed by atoms with E-state index in [2.05, 4.69) is 52.4 Å². The fourth-order valence-electron chi connectivity index (χ4n) is 7.93. The van der Waals surface area contributed by atoms with Crippen LogP contribution in [-0.2, 0) is 51.9 Å². The quantitative estimate of drug-likeness (QED) is 0.0375. The minimum Gasteiger partial charge on any atom is -0.356 e. The van der Waals surface area contributed by atoms with E-state index in [1.807, 2.05) is 7.05 Å². The molecule has 0 bridgehead atoms. The van der Waals surface area contributed by atoms with E-state index in [4.69, 9.17) is 5.73 Å². The maximum Gasteiger partial charge on any atom is 0.291 e. The SMILES string of the molecule is CN(CCCN)CCCNC(=O)CCNC(=O)c1cc(NC(=O)c2cc(NC(=O)c3cc(NC(=O)c4cc(NC(=O)CCCNC(=O)c5cc(NC(=O)c6nccn6C)cn5C)cn4C)cn3C)cn2C)cn1C. The summed E-state index contributed by atoms with van der Waals surface area (Å²) in [6.45, 7) is 3.25. The van der Waals surface area contributed by atoms with Crippen molar-refractivity contribution in [1.82, 2.24) is 53.2 Å². The first kappa shape index (κ1) is 54.6. The Balaban J connectivity index is 0.920. The summed E-state index contributed by atoms with van der Waals surface area (Å²) in [6, 6.07) is 7.58. The van der Waals surface area contributed by atoms with Gasteiger partial charge in [-0.05, 0) is 76.3 Å². The number of amides is 8. The zero-order chi connectivity index (χ0) is 53.6. The fourth-order valence-corrected chi connectivity index (χ4v) is 7.93. The second-order valence-corrected chi connectivity index (χ2v) is 17.9. The maximum atomic E-state index is 13.5. The van der Waals surface area contributed by atoms with Gasteiger partial charge < -0.3 is 80.6 Å². The van der Waals surface area contributed by atoms with Crippen LogP contribution in [-0.4, -0.2) is 131 Å². The second-order valence-electron chi connectivity index (χ2n) is 17.9. The first-order valence-corrected chi connectivity index (χ1v) is 23.9. The van der Waals surface area contributed by atoms with E-state index >= 15 is 0 Å². The lowest BCUT2D eigenvalue weighted by Gasteiger charge is -2.15. The van der Waals surface area contributed by atoms with Crippen LogP contribution in [0.2, 0.25) is 0 Å². The number of anilines is 5. The van der Waals surface area contributed by atoms with Crippen molar-refractivity contribution in [1.29, 1.82) is 0 Å². The van der Waals surface area contributed by atoms with Gasteiger partial charge >= 0.3 is 0 Å². The maximum absolute atomic E-state index is 13.5. The minimum atomic E-state index is -0.511. The topological polar surface area (TPSA) is 305 Å². The van der Waals surface area contributed by atoms with Gasteiger partial charge in [-0.3, -0.25) is 38.4 Å². The van der Waals surface area contributed by atoms with Crippen LogP contribution in [0, 0.1) is 0 Å². The molecule has 0 aliphatic rings. The van der Waals surface area contributed by atoms with E-state index < -0.39 is 29.5 Å². The van der Waals surface area contributed by atoms with Crippen LogP contribution >= 0.6 is 0 Å². The average Bonchev–Trinajstić information content (AvgIpc) is 4.22. The number of nitrogens with one attached hydrogen (secondary N) is 8. The van der Waals surface area contributed by atoms with Gasteiger partial charge in [0.15, 0.2) is 5.82 Å². The van der Waals surface area contributed by atoms with Crippen LogP contribution in [0.15, 0.2) is 73.7 Å². The normalized spacial score (nSPS) is 11.0. The predicted octanol–water partition coefficient (Wildman–Crippen LogP) is 2.18. The average molecular weight is 1020 g/mol. The summed E-state index contributed by atoms with van der Waals surface area (Å²) >= 11 is 0. The molecule has 25 heteroatoms. The Kier molecular flexibility index (Phi) is 18.5. The molecule has 74 heavy (non-hydrogen) atoms. The Labute approximate surface area is 427 Å². The van der Waals surface area contributed by atoms with E-state index in [1.165, 1.54) is 35.0 Å². The number of aromatic nitrogens is 7. The molecule has 0 radical (unpaired) electrons. The number of nitrogens with zero attached hydrogens (tertiary/aromatic N) is 8. The summed E-state index contributed by atoms with van der Waals surface area (Å²) in [6.07, 6.45) is 13.3. The third kappa shape index (κ3) is 14.7. The van der Waals surface area contributed by atoms with Crippen LogP contribution < -0.4 is 48.3 Å². The van der Waals surface area contributed by atoms with Crippen molar-refractivity contribution in [2.24, 2.45) is 48.0 Å². The molecule has 10 N–H and O–H groups in total. The molecule has 0 saturated heterocycles. The highest BCUT2D eigenvalue weighted by atomic mass is 16.2. The van der Waals surface area contributed by atoms with Crippen molar-refractivity contribution in [2.75, 3.05) is 72.9 Å². The number of carbonyl (C=O) groups is 8. The van der Waals surface area contributed by atoms with Crippen molar-refractivity contribution in [3.05, 3.63) is 108 Å². The molecule has 394 valence electrons. The summed E-state index contributed by atoms with van der Waals surface area (Å²) in [5.74, 6) is -2.98. The van der Waals surface area contributed by atoms with Crippen LogP contribution in [0.1, 0.15) is 95.2 Å². The second kappa shape index (κ2) is 25.1. The van der Waals surface area contributed by atoms with Gasteiger partial charge in [-0.1, -0.05) is 0 Å². The summed E-state index contributed by atoms with van der Waals surface area (Å²) < 4.78 is 9.34. The molecule has 0 saturated carbocycles. The summed E-state index contributed by atoms with van der Waals surface area (Å²) in [5.41, 5.74) is 8.62. The molecule has 0 aliphatic heterocycles. The Morgan fingerprint density at radius 2 is 0.851 bits per heavy atom. The van der Waals surface area contributed by atoms with Gasteiger partial charge in [0.25, 0.3) is 35.4 Å².